The normalized spacial score (nSPS) is 18.1. The molecule has 2 heterocycles. The van der Waals surface area contributed by atoms with Crippen molar-refractivity contribution in [2.24, 2.45) is 5.92 Å². The van der Waals surface area contributed by atoms with E-state index in [1.807, 2.05) is 24.3 Å². The molecule has 1 saturated carbocycles. The summed E-state index contributed by atoms with van der Waals surface area (Å²) in [5.74, 6) is 1.55. The monoisotopic (exact) mass is 573 g/mol. The zero-order valence-corrected chi connectivity index (χ0v) is 24.6. The summed E-state index contributed by atoms with van der Waals surface area (Å²) in [4.78, 5) is 19.9. The largest absolute Gasteiger partial charge is 0.490 e. The van der Waals surface area contributed by atoms with E-state index >= 15 is 0 Å². The number of aromatic nitrogens is 3. The minimum absolute atomic E-state index is 0.0113. The molecule has 0 spiro atoms. The van der Waals surface area contributed by atoms with Crippen molar-refractivity contribution in [3.63, 3.8) is 0 Å². The molecule has 0 unspecified atom stereocenters. The van der Waals surface area contributed by atoms with Crippen molar-refractivity contribution >= 4 is 13.9 Å². The van der Waals surface area contributed by atoms with E-state index in [9.17, 15) is 18.0 Å². The molecule has 40 heavy (non-hydrogen) atoms. The number of halogens is 3. The first-order valence-electron chi connectivity index (χ1n) is 13.8. The Morgan fingerprint density at radius 2 is 1.80 bits per heavy atom. The molecule has 0 bridgehead atoms. The van der Waals surface area contributed by atoms with Crippen LogP contribution in [0.3, 0.4) is 0 Å². The third-order valence-corrected chi connectivity index (χ3v) is 8.78. The Hall–Kier alpha value is -2.98. The summed E-state index contributed by atoms with van der Waals surface area (Å²) >= 11 is 0. The van der Waals surface area contributed by atoms with Crippen LogP contribution in [0.25, 0.3) is 22.6 Å². The molecule has 1 aliphatic carbocycles. The van der Waals surface area contributed by atoms with Gasteiger partial charge in [0.2, 0.25) is 0 Å². The summed E-state index contributed by atoms with van der Waals surface area (Å²) in [7, 11) is -1.32. The van der Waals surface area contributed by atoms with Crippen LogP contribution in [0.4, 0.5) is 13.2 Å². The van der Waals surface area contributed by atoms with Crippen molar-refractivity contribution in [1.82, 2.24) is 14.5 Å². The molecule has 0 radical (unpaired) electrons. The van der Waals surface area contributed by atoms with Crippen LogP contribution in [-0.4, -0.2) is 41.1 Å². The number of rotatable bonds is 11. The van der Waals surface area contributed by atoms with Gasteiger partial charge >= 0.3 is 6.18 Å². The number of Topliss-reactive ketones (excluding diaryl/α,β-unsaturated/α-hetero) is 1. The Bertz CT molecular complexity index is 1270. The summed E-state index contributed by atoms with van der Waals surface area (Å²) in [5.41, 5.74) is 1.08. The van der Waals surface area contributed by atoms with Gasteiger partial charge in [-0.15, -0.1) is 0 Å². The number of ether oxygens (including phenoxy) is 2. The quantitative estimate of drug-likeness (QED) is 0.173. The molecule has 1 aliphatic rings. The molecule has 1 fully saturated rings. The summed E-state index contributed by atoms with van der Waals surface area (Å²) in [6.45, 7) is 8.78. The van der Waals surface area contributed by atoms with Gasteiger partial charge in [0.05, 0.1) is 11.8 Å². The summed E-state index contributed by atoms with van der Waals surface area (Å²) in [6, 6.07) is 12.1. The minimum Gasteiger partial charge on any atom is -0.490 e. The lowest BCUT2D eigenvalue weighted by Gasteiger charge is -2.29. The lowest BCUT2D eigenvalue weighted by atomic mass is 9.84. The first-order chi connectivity index (χ1) is 18.9. The fourth-order valence-corrected chi connectivity index (χ4v) is 5.71. The van der Waals surface area contributed by atoms with Crippen LogP contribution in [0, 0.1) is 5.92 Å². The molecule has 1 aromatic carbocycles. The lowest BCUT2D eigenvalue weighted by molar-refractivity contribution is -0.141. The topological polar surface area (TPSA) is 66.2 Å². The van der Waals surface area contributed by atoms with E-state index in [1.54, 1.807) is 19.1 Å². The van der Waals surface area contributed by atoms with Crippen LogP contribution in [0.2, 0.25) is 25.7 Å². The highest BCUT2D eigenvalue weighted by Crippen LogP contribution is 2.33. The number of hydrogen-bond acceptors (Lipinski definition) is 5. The van der Waals surface area contributed by atoms with Crippen molar-refractivity contribution in [2.75, 3.05) is 6.61 Å². The number of carbonyl (C=O) groups excluding carboxylic acids is 1. The Morgan fingerprint density at radius 1 is 1.07 bits per heavy atom. The second-order valence-electron chi connectivity index (χ2n) is 11.9. The predicted molar refractivity (Wildman–Crippen MR) is 152 cm³/mol. The first-order valence-corrected chi connectivity index (χ1v) is 17.5. The molecule has 6 nitrogen and oxygen atoms in total. The van der Waals surface area contributed by atoms with Gasteiger partial charge in [-0.3, -0.25) is 4.98 Å². The van der Waals surface area contributed by atoms with E-state index in [2.05, 4.69) is 29.6 Å². The highest BCUT2D eigenvalue weighted by atomic mass is 28.3. The number of imidazole rings is 1. The maximum Gasteiger partial charge on any atom is 0.434 e. The zero-order valence-electron chi connectivity index (χ0n) is 23.6. The fourth-order valence-electron chi connectivity index (χ4n) is 4.96. The van der Waals surface area contributed by atoms with Crippen LogP contribution >= 0.6 is 0 Å². The number of benzene rings is 1. The molecule has 0 amide bonds. The summed E-state index contributed by atoms with van der Waals surface area (Å²) < 4.78 is 53.6. The van der Waals surface area contributed by atoms with Gasteiger partial charge in [0.1, 0.15) is 24.1 Å². The Balaban J connectivity index is 1.43. The molecule has 10 heteroatoms. The second-order valence-corrected chi connectivity index (χ2v) is 17.5. The van der Waals surface area contributed by atoms with E-state index < -0.39 is 19.9 Å². The van der Waals surface area contributed by atoms with E-state index in [-0.39, 0.29) is 24.4 Å². The van der Waals surface area contributed by atoms with Crippen LogP contribution < -0.4 is 4.74 Å². The zero-order chi connectivity index (χ0) is 28.9. The molecule has 0 N–H and O–H groups in total. The number of pyridine rings is 1. The fraction of sp³-hybridized carbons (Fsp3) is 0.500. The SMILES string of the molecule is CC(=O)C[C@H]1CCC[C@@H](Oc2ccc(-c3ccc(-c4nc(C(F)(F)F)cn4COCC[Si](C)(C)C)cn3)cc2)C1. The average molecular weight is 574 g/mol. The Morgan fingerprint density at radius 3 is 2.42 bits per heavy atom. The van der Waals surface area contributed by atoms with Crippen molar-refractivity contribution in [3.8, 4) is 28.4 Å². The molecule has 4 rings (SSSR count). The molecule has 2 aromatic heterocycles. The summed E-state index contributed by atoms with van der Waals surface area (Å²) in [5, 5.41) is 0. The number of alkyl halides is 3. The first kappa shape index (κ1) is 30.0. The Labute approximate surface area is 235 Å². The van der Waals surface area contributed by atoms with Gasteiger partial charge in [-0.25, -0.2) is 4.98 Å². The van der Waals surface area contributed by atoms with Gasteiger partial charge in [0.25, 0.3) is 0 Å². The van der Waals surface area contributed by atoms with Crippen molar-refractivity contribution < 1.29 is 27.4 Å². The van der Waals surface area contributed by atoms with Crippen molar-refractivity contribution in [1.29, 1.82) is 0 Å². The van der Waals surface area contributed by atoms with E-state index in [0.29, 0.717) is 30.2 Å². The third-order valence-electron chi connectivity index (χ3n) is 7.08. The van der Waals surface area contributed by atoms with Gasteiger partial charge in [-0.05, 0) is 81.0 Å². The smallest absolute Gasteiger partial charge is 0.434 e. The number of carbonyl (C=O) groups is 1. The van der Waals surface area contributed by atoms with E-state index in [0.717, 1.165) is 49.2 Å². The van der Waals surface area contributed by atoms with Gasteiger partial charge in [-0.2, -0.15) is 13.2 Å². The molecular weight excluding hydrogens is 535 g/mol. The molecule has 0 aliphatic heterocycles. The van der Waals surface area contributed by atoms with Crippen LogP contribution in [-0.2, 0) is 22.4 Å². The van der Waals surface area contributed by atoms with Crippen LogP contribution in [0.1, 0.15) is 44.7 Å². The van der Waals surface area contributed by atoms with Crippen molar-refractivity contribution in [3.05, 3.63) is 54.5 Å². The molecule has 216 valence electrons. The number of ketones is 1. The van der Waals surface area contributed by atoms with E-state index in [4.69, 9.17) is 9.47 Å². The number of nitrogens with zero attached hydrogens (tertiary/aromatic N) is 3. The number of hydrogen-bond donors (Lipinski definition) is 0. The van der Waals surface area contributed by atoms with Crippen molar-refractivity contribution in [2.45, 2.75) is 83.7 Å². The van der Waals surface area contributed by atoms with Gasteiger partial charge < -0.3 is 18.8 Å². The van der Waals surface area contributed by atoms with Gasteiger partial charge in [0, 0.05) is 44.6 Å². The predicted octanol–water partition coefficient (Wildman–Crippen LogP) is 7.86. The molecular formula is C30H38F3N3O3Si. The Kier molecular flexibility index (Phi) is 9.51. The highest BCUT2D eigenvalue weighted by molar-refractivity contribution is 6.76. The third kappa shape index (κ3) is 8.51. The lowest BCUT2D eigenvalue weighted by Crippen LogP contribution is -2.26. The average Bonchev–Trinajstić information content (AvgIpc) is 3.31. The highest BCUT2D eigenvalue weighted by Gasteiger charge is 2.35. The maximum absolute atomic E-state index is 13.4. The van der Waals surface area contributed by atoms with Crippen LogP contribution in [0.15, 0.2) is 48.8 Å². The van der Waals surface area contributed by atoms with Crippen LogP contribution in [0.5, 0.6) is 5.75 Å². The van der Waals surface area contributed by atoms with Gasteiger partial charge in [0.15, 0.2) is 5.69 Å². The molecule has 0 saturated heterocycles. The standard InChI is InChI=1S/C30H38F3N3O3Si/c1-21(37)16-22-6-5-7-26(17-22)39-25-11-8-23(9-12-25)27-13-10-24(18-34-27)29-35-28(30(31,32)33)19-36(29)20-38-14-15-40(2,3)4/h8-13,18-19,22,26H,5-7,14-17,20H2,1-4H3/t22-,26-/m1/s1. The summed E-state index contributed by atoms with van der Waals surface area (Å²) in [6.07, 6.45) is 2.70. The molecule has 3 aromatic rings. The maximum atomic E-state index is 13.4. The van der Waals surface area contributed by atoms with E-state index in [1.165, 1.54) is 10.8 Å². The van der Waals surface area contributed by atoms with Gasteiger partial charge in [-0.1, -0.05) is 19.6 Å². The minimum atomic E-state index is -4.55. The molecule has 2 atom stereocenters. The second kappa shape index (κ2) is 12.7.